The van der Waals surface area contributed by atoms with Crippen LogP contribution in [0.2, 0.25) is 0 Å². The van der Waals surface area contributed by atoms with Crippen LogP contribution in [-0.4, -0.2) is 38.4 Å². The first kappa shape index (κ1) is 21.3. The van der Waals surface area contributed by atoms with E-state index in [4.69, 9.17) is 9.15 Å². The van der Waals surface area contributed by atoms with Gasteiger partial charge in [0, 0.05) is 19.0 Å². The van der Waals surface area contributed by atoms with Gasteiger partial charge in [-0.2, -0.15) is 0 Å². The summed E-state index contributed by atoms with van der Waals surface area (Å²) in [6.45, 7) is 3.23. The zero-order chi connectivity index (χ0) is 24.1. The van der Waals surface area contributed by atoms with Crippen LogP contribution in [0.3, 0.4) is 0 Å². The first-order chi connectivity index (χ1) is 17.0. The molecule has 0 saturated carbocycles. The molecule has 2 N–H and O–H groups in total. The molecule has 2 aliphatic rings. The summed E-state index contributed by atoms with van der Waals surface area (Å²) in [5, 5.41) is 11.5. The lowest BCUT2D eigenvalue weighted by Crippen LogP contribution is -2.27. The highest BCUT2D eigenvalue weighted by molar-refractivity contribution is 5.94. The molecule has 0 aliphatic carbocycles. The van der Waals surface area contributed by atoms with Gasteiger partial charge in [0.2, 0.25) is 5.89 Å². The van der Waals surface area contributed by atoms with Gasteiger partial charge in [0.05, 0.1) is 11.6 Å². The smallest absolute Gasteiger partial charge is 0.443 e. The number of carbonyl (C=O) groups is 1. The van der Waals surface area contributed by atoms with E-state index in [0.29, 0.717) is 37.6 Å². The van der Waals surface area contributed by atoms with Crippen LogP contribution in [0.1, 0.15) is 29.5 Å². The van der Waals surface area contributed by atoms with E-state index in [1.165, 1.54) is 0 Å². The molecule has 3 aromatic heterocycles. The molecule has 6 rings (SSSR count). The number of nitrogens with zero attached hydrogens (tertiary/aromatic N) is 4. The quantitative estimate of drug-likeness (QED) is 0.401. The molecule has 2 aliphatic heterocycles. The Morgan fingerprint density at radius 3 is 2.89 bits per heavy atom. The van der Waals surface area contributed by atoms with Crippen LogP contribution in [0.5, 0.6) is 5.75 Å². The number of fused-ring (bicyclic) bond motifs is 1. The second-order valence-corrected chi connectivity index (χ2v) is 8.65. The molecule has 35 heavy (non-hydrogen) atoms. The second kappa shape index (κ2) is 8.20. The van der Waals surface area contributed by atoms with E-state index >= 15 is 0 Å². The van der Waals surface area contributed by atoms with Crippen molar-refractivity contribution >= 4 is 22.6 Å². The molecule has 1 atom stereocenters. The lowest BCUT2D eigenvalue weighted by atomic mass is 10.0. The van der Waals surface area contributed by atoms with Gasteiger partial charge >= 0.3 is 5.76 Å². The predicted molar refractivity (Wildman–Crippen MR) is 126 cm³/mol. The molecule has 0 unspecified atom stereocenters. The van der Waals surface area contributed by atoms with E-state index in [1.807, 2.05) is 16.7 Å². The molecular weight excluding hydrogens is 452 g/mol. The molecule has 178 valence electrons. The molecule has 11 heteroatoms. The van der Waals surface area contributed by atoms with Crippen LogP contribution in [0.4, 0.5) is 5.82 Å². The van der Waals surface area contributed by atoms with Crippen LogP contribution >= 0.6 is 0 Å². The van der Waals surface area contributed by atoms with Gasteiger partial charge in [-0.25, -0.2) is 9.78 Å². The van der Waals surface area contributed by atoms with E-state index in [9.17, 15) is 14.4 Å². The van der Waals surface area contributed by atoms with Gasteiger partial charge in [0.15, 0.2) is 24.0 Å². The fourth-order valence-electron chi connectivity index (χ4n) is 4.73. The summed E-state index contributed by atoms with van der Waals surface area (Å²) in [4.78, 5) is 40.5. The highest BCUT2D eigenvalue weighted by Crippen LogP contribution is 2.33. The fourth-order valence-corrected chi connectivity index (χ4v) is 4.73. The minimum Gasteiger partial charge on any atom is -0.480 e. The number of hydrogen-bond acceptors (Lipinski definition) is 8. The molecule has 0 bridgehead atoms. The van der Waals surface area contributed by atoms with Crippen LogP contribution in [0.25, 0.3) is 16.7 Å². The zero-order valence-electron chi connectivity index (χ0n) is 18.9. The van der Waals surface area contributed by atoms with Gasteiger partial charge in [0.25, 0.3) is 11.5 Å². The Balaban J connectivity index is 1.13. The molecule has 0 spiro atoms. The maximum Gasteiger partial charge on any atom is 0.443 e. The number of anilines is 1. The number of rotatable bonds is 6. The Labute approximate surface area is 198 Å². The number of nitrogens with one attached hydrogen (secondary N) is 2. The first-order valence-electron chi connectivity index (χ1n) is 11.4. The van der Waals surface area contributed by atoms with Gasteiger partial charge < -0.3 is 24.4 Å². The topological polar surface area (TPSA) is 133 Å². The van der Waals surface area contributed by atoms with Crippen LogP contribution < -0.4 is 26.7 Å². The molecule has 5 heterocycles. The summed E-state index contributed by atoms with van der Waals surface area (Å²) >= 11 is 0. The van der Waals surface area contributed by atoms with Gasteiger partial charge in [-0.05, 0) is 54.6 Å². The molecule has 1 amide bonds. The third-order valence-electron chi connectivity index (χ3n) is 6.35. The summed E-state index contributed by atoms with van der Waals surface area (Å²) < 4.78 is 13.5. The van der Waals surface area contributed by atoms with Gasteiger partial charge in [0.1, 0.15) is 0 Å². The molecule has 1 aromatic carbocycles. The van der Waals surface area contributed by atoms with Crippen molar-refractivity contribution in [2.75, 3.05) is 18.5 Å². The van der Waals surface area contributed by atoms with Crippen molar-refractivity contribution < 1.29 is 13.9 Å². The van der Waals surface area contributed by atoms with Crippen LogP contribution in [0, 0.1) is 6.92 Å². The number of aromatic nitrogens is 4. The molecule has 0 radical (unpaired) electrons. The van der Waals surface area contributed by atoms with E-state index in [0.717, 1.165) is 26.7 Å². The SMILES string of the molecule is Cc1ccc2ccc(=O)n3c2c1[C@H](NCCCc1nn(-c2ccc4c(n2)NC(=O)CO4)c(=O)o1)C3. The van der Waals surface area contributed by atoms with Crippen LogP contribution in [0.15, 0.2) is 50.4 Å². The maximum absolute atomic E-state index is 12.4. The Bertz CT molecular complexity index is 1600. The summed E-state index contributed by atoms with van der Waals surface area (Å²) in [5.41, 5.74) is 3.31. The summed E-state index contributed by atoms with van der Waals surface area (Å²) in [5.74, 6) is 0.215. The molecule has 11 nitrogen and oxygen atoms in total. The lowest BCUT2D eigenvalue weighted by molar-refractivity contribution is -0.118. The molecule has 0 fully saturated rings. The number of aryl methyl sites for hydroxylation is 2. The monoisotopic (exact) mass is 474 g/mol. The van der Waals surface area contributed by atoms with Crippen molar-refractivity contribution in [3.05, 3.63) is 74.3 Å². The van der Waals surface area contributed by atoms with Crippen molar-refractivity contribution in [1.82, 2.24) is 24.6 Å². The first-order valence-corrected chi connectivity index (χ1v) is 11.4. The van der Waals surface area contributed by atoms with Gasteiger partial charge in [-0.1, -0.05) is 12.1 Å². The number of benzene rings is 1. The Kier molecular flexibility index (Phi) is 4.99. The summed E-state index contributed by atoms with van der Waals surface area (Å²) in [6.07, 6.45) is 1.13. The minimum absolute atomic E-state index is 0.00267. The number of hydrogen-bond donors (Lipinski definition) is 2. The molecule has 0 saturated heterocycles. The van der Waals surface area contributed by atoms with Crippen LogP contribution in [-0.2, 0) is 17.8 Å². The van der Waals surface area contributed by atoms with Crippen molar-refractivity contribution in [2.24, 2.45) is 0 Å². The largest absolute Gasteiger partial charge is 0.480 e. The van der Waals surface area contributed by atoms with Crippen molar-refractivity contribution in [3.8, 4) is 11.6 Å². The fraction of sp³-hybridized carbons (Fsp3) is 0.292. The number of carbonyl (C=O) groups excluding carboxylic acids is 1. The highest BCUT2D eigenvalue weighted by Gasteiger charge is 2.26. The Morgan fingerprint density at radius 1 is 1.14 bits per heavy atom. The van der Waals surface area contributed by atoms with E-state index < -0.39 is 5.76 Å². The number of amides is 1. The average molecular weight is 474 g/mol. The minimum atomic E-state index is -0.656. The maximum atomic E-state index is 12.4. The van der Waals surface area contributed by atoms with Gasteiger partial charge in [-0.3, -0.25) is 9.59 Å². The number of pyridine rings is 2. The van der Waals surface area contributed by atoms with Crippen molar-refractivity contribution in [2.45, 2.75) is 32.4 Å². The highest BCUT2D eigenvalue weighted by atomic mass is 16.5. The van der Waals surface area contributed by atoms with Gasteiger partial charge in [-0.15, -0.1) is 9.78 Å². The normalized spacial score (nSPS) is 16.3. The number of ether oxygens (including phenoxy) is 1. The third kappa shape index (κ3) is 3.69. The lowest BCUT2D eigenvalue weighted by Gasteiger charge is -2.16. The molecular formula is C24H22N6O5. The molecule has 4 aromatic rings. The van der Waals surface area contributed by atoms with E-state index in [-0.39, 0.29) is 35.8 Å². The summed E-state index contributed by atoms with van der Waals surface area (Å²) in [6, 6.07) is 10.8. The van der Waals surface area contributed by atoms with E-state index in [1.54, 1.807) is 18.2 Å². The third-order valence-corrected chi connectivity index (χ3v) is 6.35. The van der Waals surface area contributed by atoms with Crippen molar-refractivity contribution in [3.63, 3.8) is 0 Å². The second-order valence-electron chi connectivity index (χ2n) is 8.65. The van der Waals surface area contributed by atoms with E-state index in [2.05, 4.69) is 33.7 Å². The average Bonchev–Trinajstić information content (AvgIpc) is 3.42. The predicted octanol–water partition coefficient (Wildman–Crippen LogP) is 1.45. The Hall–Kier alpha value is -4.25. The Morgan fingerprint density at radius 2 is 2.00 bits per heavy atom. The zero-order valence-corrected chi connectivity index (χ0v) is 18.9. The summed E-state index contributed by atoms with van der Waals surface area (Å²) in [7, 11) is 0. The van der Waals surface area contributed by atoms with Crippen molar-refractivity contribution in [1.29, 1.82) is 0 Å². The standard InChI is InChI=1S/C24H22N6O5/c1-13-4-5-14-6-9-20(32)29-11-15(21(13)22(14)29)25-10-2-3-19-28-30(24(33)35-19)17-8-7-16-23(26-17)27-18(31)12-34-16/h4-9,15,25H,2-3,10-12H2,1H3,(H,26,27,31)/t15-/m1/s1.